The summed E-state index contributed by atoms with van der Waals surface area (Å²) in [4.78, 5) is 2.57. The lowest BCUT2D eigenvalue weighted by Crippen LogP contribution is -2.25. The van der Waals surface area contributed by atoms with Crippen LogP contribution < -0.4 is 5.32 Å². The van der Waals surface area contributed by atoms with E-state index in [0.717, 1.165) is 18.8 Å². The average molecular weight is 219 g/mol. The highest BCUT2D eigenvalue weighted by atomic mass is 35.5. The van der Waals surface area contributed by atoms with Crippen LogP contribution in [-0.2, 0) is 0 Å². The summed E-state index contributed by atoms with van der Waals surface area (Å²) >= 11 is 5.59. The van der Waals surface area contributed by atoms with Crippen LogP contribution in [0.5, 0.6) is 0 Å². The van der Waals surface area contributed by atoms with E-state index in [4.69, 9.17) is 11.6 Å². The summed E-state index contributed by atoms with van der Waals surface area (Å²) in [6.45, 7) is 6.23. The molecule has 1 saturated heterocycles. The fraction of sp³-hybridized carbons (Fsp3) is 1.00. The Morgan fingerprint density at radius 3 is 2.43 bits per heavy atom. The minimum absolute atomic E-state index is 0.801. The van der Waals surface area contributed by atoms with Crippen LogP contribution in [0.3, 0.4) is 0 Å². The molecule has 0 atom stereocenters. The summed E-state index contributed by atoms with van der Waals surface area (Å²) in [6, 6.07) is 0. The summed E-state index contributed by atoms with van der Waals surface area (Å²) in [5, 5.41) is 3.46. The third-order valence-corrected chi connectivity index (χ3v) is 3.03. The highest BCUT2D eigenvalue weighted by Gasteiger charge is 2.09. The largest absolute Gasteiger partial charge is 0.317 e. The van der Waals surface area contributed by atoms with Gasteiger partial charge in [-0.1, -0.05) is 0 Å². The van der Waals surface area contributed by atoms with E-state index >= 15 is 0 Å². The SMILES string of the molecule is ClCCCCNCCCN1CCCC1. The lowest BCUT2D eigenvalue weighted by molar-refractivity contribution is 0.331. The number of nitrogens with zero attached hydrogens (tertiary/aromatic N) is 1. The van der Waals surface area contributed by atoms with E-state index in [1.807, 2.05) is 0 Å². The van der Waals surface area contributed by atoms with Crippen LogP contribution in [0.25, 0.3) is 0 Å². The predicted molar refractivity (Wildman–Crippen MR) is 63.1 cm³/mol. The molecule has 1 heterocycles. The first-order valence-electron chi connectivity index (χ1n) is 5.92. The second kappa shape index (κ2) is 8.51. The first-order valence-corrected chi connectivity index (χ1v) is 6.46. The number of hydrogen-bond acceptors (Lipinski definition) is 2. The summed E-state index contributed by atoms with van der Waals surface area (Å²) in [5.41, 5.74) is 0. The quantitative estimate of drug-likeness (QED) is 0.496. The Hall–Kier alpha value is 0.210. The summed E-state index contributed by atoms with van der Waals surface area (Å²) in [7, 11) is 0. The standard InChI is InChI=1S/C11H23ClN2/c12-6-1-2-7-13-8-5-11-14-9-3-4-10-14/h13H,1-11H2. The van der Waals surface area contributed by atoms with Gasteiger partial charge < -0.3 is 10.2 Å². The monoisotopic (exact) mass is 218 g/mol. The van der Waals surface area contributed by atoms with Crippen LogP contribution in [0, 0.1) is 0 Å². The van der Waals surface area contributed by atoms with Crippen molar-refractivity contribution < 1.29 is 0 Å². The van der Waals surface area contributed by atoms with Gasteiger partial charge in [0, 0.05) is 5.88 Å². The minimum Gasteiger partial charge on any atom is -0.317 e. The molecule has 1 rings (SSSR count). The molecule has 0 radical (unpaired) electrons. The van der Waals surface area contributed by atoms with Gasteiger partial charge in [-0.15, -0.1) is 11.6 Å². The van der Waals surface area contributed by atoms with Crippen LogP contribution in [0.15, 0.2) is 0 Å². The maximum Gasteiger partial charge on any atom is 0.0223 e. The highest BCUT2D eigenvalue weighted by molar-refractivity contribution is 6.17. The number of rotatable bonds is 8. The zero-order valence-electron chi connectivity index (χ0n) is 9.10. The molecule has 84 valence electrons. The van der Waals surface area contributed by atoms with E-state index < -0.39 is 0 Å². The van der Waals surface area contributed by atoms with E-state index in [-0.39, 0.29) is 0 Å². The predicted octanol–water partition coefficient (Wildman–Crippen LogP) is 2.08. The van der Waals surface area contributed by atoms with Crippen LogP contribution in [-0.4, -0.2) is 43.5 Å². The van der Waals surface area contributed by atoms with Crippen molar-refractivity contribution in [1.29, 1.82) is 0 Å². The topological polar surface area (TPSA) is 15.3 Å². The van der Waals surface area contributed by atoms with Gasteiger partial charge in [0.2, 0.25) is 0 Å². The Balaban J connectivity index is 1.75. The lowest BCUT2D eigenvalue weighted by atomic mass is 10.3. The maximum atomic E-state index is 5.59. The molecule has 1 fully saturated rings. The molecule has 3 heteroatoms. The number of halogens is 1. The van der Waals surface area contributed by atoms with Crippen LogP contribution >= 0.6 is 11.6 Å². The molecular formula is C11H23ClN2. The molecule has 0 aliphatic carbocycles. The molecule has 0 amide bonds. The van der Waals surface area contributed by atoms with Crippen molar-refractivity contribution >= 4 is 11.6 Å². The molecule has 0 saturated carbocycles. The lowest BCUT2D eigenvalue weighted by Gasteiger charge is -2.14. The molecule has 1 aliphatic heterocycles. The van der Waals surface area contributed by atoms with Crippen molar-refractivity contribution in [2.45, 2.75) is 32.1 Å². The zero-order valence-corrected chi connectivity index (χ0v) is 9.86. The number of alkyl halides is 1. The minimum atomic E-state index is 0.801. The van der Waals surface area contributed by atoms with Crippen molar-refractivity contribution in [3.05, 3.63) is 0 Å². The van der Waals surface area contributed by atoms with Crippen molar-refractivity contribution in [1.82, 2.24) is 10.2 Å². The van der Waals surface area contributed by atoms with Gasteiger partial charge in [0.05, 0.1) is 0 Å². The number of hydrogen-bond donors (Lipinski definition) is 1. The number of nitrogens with one attached hydrogen (secondary N) is 1. The Morgan fingerprint density at radius 1 is 1.00 bits per heavy atom. The first kappa shape index (κ1) is 12.3. The molecule has 0 aromatic heterocycles. The van der Waals surface area contributed by atoms with E-state index in [2.05, 4.69) is 10.2 Å². The third-order valence-electron chi connectivity index (χ3n) is 2.76. The Labute approximate surface area is 93.0 Å². The summed E-state index contributed by atoms with van der Waals surface area (Å²) in [6.07, 6.45) is 6.46. The van der Waals surface area contributed by atoms with Crippen LogP contribution in [0.4, 0.5) is 0 Å². The van der Waals surface area contributed by atoms with Crippen LogP contribution in [0.2, 0.25) is 0 Å². The molecule has 0 unspecified atom stereocenters. The smallest absolute Gasteiger partial charge is 0.0223 e. The van der Waals surface area contributed by atoms with Gasteiger partial charge in [-0.2, -0.15) is 0 Å². The van der Waals surface area contributed by atoms with Gasteiger partial charge in [0.15, 0.2) is 0 Å². The number of likely N-dealkylation sites (tertiary alicyclic amines) is 1. The summed E-state index contributed by atoms with van der Waals surface area (Å²) in [5.74, 6) is 0.801. The normalized spacial score (nSPS) is 17.8. The van der Waals surface area contributed by atoms with Crippen molar-refractivity contribution in [3.8, 4) is 0 Å². The van der Waals surface area contributed by atoms with E-state index in [0.29, 0.717) is 0 Å². The molecule has 0 aromatic rings. The average Bonchev–Trinajstić information content (AvgIpc) is 2.69. The highest BCUT2D eigenvalue weighted by Crippen LogP contribution is 2.06. The van der Waals surface area contributed by atoms with Crippen LogP contribution in [0.1, 0.15) is 32.1 Å². The number of unbranched alkanes of at least 4 members (excludes halogenated alkanes) is 1. The summed E-state index contributed by atoms with van der Waals surface area (Å²) < 4.78 is 0. The Kier molecular flexibility index (Phi) is 7.47. The second-order valence-electron chi connectivity index (χ2n) is 4.05. The molecule has 1 aliphatic rings. The van der Waals surface area contributed by atoms with Gasteiger partial charge in [0.25, 0.3) is 0 Å². The van der Waals surface area contributed by atoms with E-state index in [1.165, 1.54) is 51.9 Å². The van der Waals surface area contributed by atoms with Gasteiger partial charge in [0.1, 0.15) is 0 Å². The molecule has 0 aromatic carbocycles. The molecule has 2 nitrogen and oxygen atoms in total. The second-order valence-corrected chi connectivity index (χ2v) is 4.43. The first-order chi connectivity index (χ1) is 6.93. The van der Waals surface area contributed by atoms with Gasteiger partial charge >= 0.3 is 0 Å². The van der Waals surface area contributed by atoms with E-state index in [9.17, 15) is 0 Å². The van der Waals surface area contributed by atoms with Crippen molar-refractivity contribution in [2.24, 2.45) is 0 Å². The van der Waals surface area contributed by atoms with Gasteiger partial charge in [-0.25, -0.2) is 0 Å². The molecule has 1 N–H and O–H groups in total. The maximum absolute atomic E-state index is 5.59. The van der Waals surface area contributed by atoms with Gasteiger partial charge in [-0.05, 0) is 64.8 Å². The van der Waals surface area contributed by atoms with Gasteiger partial charge in [-0.3, -0.25) is 0 Å². The Bertz CT molecular complexity index is 124. The molecular weight excluding hydrogens is 196 g/mol. The fourth-order valence-electron chi connectivity index (χ4n) is 1.90. The van der Waals surface area contributed by atoms with Crippen molar-refractivity contribution in [2.75, 3.05) is 38.6 Å². The zero-order chi connectivity index (χ0) is 10.1. The van der Waals surface area contributed by atoms with E-state index in [1.54, 1.807) is 0 Å². The molecule has 0 bridgehead atoms. The molecule has 14 heavy (non-hydrogen) atoms. The molecule has 0 spiro atoms. The fourth-order valence-corrected chi connectivity index (χ4v) is 2.09. The van der Waals surface area contributed by atoms with Crippen molar-refractivity contribution in [3.63, 3.8) is 0 Å². The third kappa shape index (κ3) is 5.84. The Morgan fingerprint density at radius 2 is 1.71 bits per heavy atom.